The standard InChI is InChI=1S/C28H48N2O18S2/c1-27(2,3)47-25(41)29-11(21(37)43-7-13-15(31)17(33)19(35)23(39)45-13)9-49-50-10-12(30-26(42)48-28(4,5)6)22(38)44-8-14-16(32)18(34)20(36)24(40)46-14/h11-20,23-24,31-36,39-40H,7-10H2,1-6H3,(H,29,41)(H,30,42)/t11-,12-,13+,14+,15+,16+,17-,18-,19-,20-,23+,24+/m1/s1. The van der Waals surface area contributed by atoms with Crippen LogP contribution in [0.1, 0.15) is 41.5 Å². The van der Waals surface area contributed by atoms with E-state index in [1.165, 1.54) is 0 Å². The van der Waals surface area contributed by atoms with E-state index in [-0.39, 0.29) is 11.5 Å². The van der Waals surface area contributed by atoms with Crippen molar-refractivity contribution in [2.75, 3.05) is 24.7 Å². The molecule has 2 heterocycles. The van der Waals surface area contributed by atoms with Crippen LogP contribution in [-0.4, -0.2) is 174 Å². The van der Waals surface area contributed by atoms with Crippen LogP contribution in [0.15, 0.2) is 0 Å². The molecule has 0 aromatic rings. The smallest absolute Gasteiger partial charge is 0.408 e. The number of carbonyl (C=O) groups is 4. The van der Waals surface area contributed by atoms with Crippen molar-refractivity contribution in [3.63, 3.8) is 0 Å². The first-order valence-corrected chi connectivity index (χ1v) is 17.8. The first-order chi connectivity index (χ1) is 23.0. The van der Waals surface area contributed by atoms with Gasteiger partial charge in [0.05, 0.1) is 0 Å². The molecule has 2 aliphatic heterocycles. The Balaban J connectivity index is 2.08. The fraction of sp³-hybridized carbons (Fsp3) is 0.857. The summed E-state index contributed by atoms with van der Waals surface area (Å²) in [5, 5.41) is 83.5. The Bertz CT molecular complexity index is 1050. The molecule has 290 valence electrons. The Kier molecular flexibility index (Phi) is 16.7. The maximum Gasteiger partial charge on any atom is 0.408 e. The predicted octanol–water partition coefficient (Wildman–Crippen LogP) is -3.16. The predicted molar refractivity (Wildman–Crippen MR) is 171 cm³/mol. The van der Waals surface area contributed by atoms with Gasteiger partial charge in [0.25, 0.3) is 0 Å². The SMILES string of the molecule is CC(C)(C)OC(=O)N[C@H](CSSC[C@@H](NC(=O)OC(C)(C)C)C(=O)OC[C@@H]1O[C@H](O)[C@H](O)[C@H](O)[C@H]1O)C(=O)OC[C@@H]1O[C@H](O)[C@H](O)[C@H](O)[C@H]1O. The molecule has 0 bridgehead atoms. The summed E-state index contributed by atoms with van der Waals surface area (Å²) < 4.78 is 30.7. The fourth-order valence-electron chi connectivity index (χ4n) is 4.14. The highest BCUT2D eigenvalue weighted by Gasteiger charge is 2.45. The summed E-state index contributed by atoms with van der Waals surface area (Å²) in [6.07, 6.45) is -19.3. The van der Waals surface area contributed by atoms with Crippen LogP contribution in [0.4, 0.5) is 9.59 Å². The van der Waals surface area contributed by atoms with E-state index in [2.05, 4.69) is 10.6 Å². The molecule has 2 rings (SSSR count). The quantitative estimate of drug-likeness (QED) is 0.0383. The molecule has 50 heavy (non-hydrogen) atoms. The van der Waals surface area contributed by atoms with E-state index in [9.17, 15) is 60.0 Å². The largest absolute Gasteiger partial charge is 0.461 e. The van der Waals surface area contributed by atoms with Crippen molar-refractivity contribution in [3.8, 4) is 0 Å². The minimum absolute atomic E-state index is 0.213. The zero-order valence-electron chi connectivity index (χ0n) is 28.2. The second-order valence-electron chi connectivity index (χ2n) is 13.3. The van der Waals surface area contributed by atoms with E-state index < -0.39 is 122 Å². The summed E-state index contributed by atoms with van der Waals surface area (Å²) in [5.41, 5.74) is -1.88. The topological polar surface area (TPSA) is 310 Å². The number of aliphatic hydroxyl groups excluding tert-OH is 8. The maximum absolute atomic E-state index is 13.0. The van der Waals surface area contributed by atoms with Crippen molar-refractivity contribution in [3.05, 3.63) is 0 Å². The third-order valence-electron chi connectivity index (χ3n) is 6.66. The van der Waals surface area contributed by atoms with E-state index in [0.717, 1.165) is 21.6 Å². The first kappa shape index (κ1) is 43.9. The van der Waals surface area contributed by atoms with Crippen molar-refractivity contribution in [2.45, 2.75) is 126 Å². The van der Waals surface area contributed by atoms with Gasteiger partial charge in [0.15, 0.2) is 12.6 Å². The van der Waals surface area contributed by atoms with Crippen LogP contribution in [0.3, 0.4) is 0 Å². The molecule has 2 fully saturated rings. The van der Waals surface area contributed by atoms with Gasteiger partial charge < -0.3 is 79.9 Å². The Morgan fingerprint density at radius 1 is 0.580 bits per heavy atom. The third kappa shape index (κ3) is 14.1. The fourth-order valence-corrected chi connectivity index (χ4v) is 6.43. The molecule has 2 aliphatic rings. The lowest BCUT2D eigenvalue weighted by Crippen LogP contribution is -2.59. The number of hydrogen-bond acceptors (Lipinski definition) is 20. The molecule has 0 aromatic carbocycles. The van der Waals surface area contributed by atoms with E-state index in [1.54, 1.807) is 41.5 Å². The molecule has 0 saturated carbocycles. The molecular formula is C28H48N2O18S2. The molecular weight excluding hydrogens is 716 g/mol. The monoisotopic (exact) mass is 764 g/mol. The second kappa shape index (κ2) is 19.0. The average Bonchev–Trinajstić information content (AvgIpc) is 2.99. The molecule has 0 unspecified atom stereocenters. The molecule has 0 radical (unpaired) electrons. The summed E-state index contributed by atoms with van der Waals surface area (Å²) in [5.74, 6) is -2.51. The van der Waals surface area contributed by atoms with Gasteiger partial charge in [0.1, 0.15) is 85.3 Å². The van der Waals surface area contributed by atoms with Crippen LogP contribution in [0.2, 0.25) is 0 Å². The normalized spacial score (nSPS) is 31.5. The maximum atomic E-state index is 13.0. The van der Waals surface area contributed by atoms with Gasteiger partial charge in [-0.1, -0.05) is 21.6 Å². The molecule has 0 spiro atoms. The van der Waals surface area contributed by atoms with Gasteiger partial charge in [-0.25, -0.2) is 19.2 Å². The highest BCUT2D eigenvalue weighted by molar-refractivity contribution is 8.76. The second-order valence-corrected chi connectivity index (χ2v) is 15.9. The Morgan fingerprint density at radius 2 is 0.900 bits per heavy atom. The van der Waals surface area contributed by atoms with Gasteiger partial charge in [-0.15, -0.1) is 0 Å². The zero-order chi connectivity index (χ0) is 38.1. The lowest BCUT2D eigenvalue weighted by Gasteiger charge is -2.38. The lowest BCUT2D eigenvalue weighted by atomic mass is 9.99. The number of hydrogen-bond donors (Lipinski definition) is 10. The number of rotatable bonds is 13. The van der Waals surface area contributed by atoms with Crippen LogP contribution in [-0.2, 0) is 38.0 Å². The van der Waals surface area contributed by atoms with E-state index in [4.69, 9.17) is 28.4 Å². The Morgan fingerprint density at radius 3 is 1.20 bits per heavy atom. The summed E-state index contributed by atoms with van der Waals surface area (Å²) in [6.45, 7) is 8.14. The van der Waals surface area contributed by atoms with Gasteiger partial charge >= 0.3 is 24.1 Å². The van der Waals surface area contributed by atoms with Crippen molar-refractivity contribution >= 4 is 45.7 Å². The summed E-state index contributed by atoms with van der Waals surface area (Å²) in [7, 11) is 1.88. The highest BCUT2D eigenvalue weighted by Crippen LogP contribution is 2.26. The lowest BCUT2D eigenvalue weighted by molar-refractivity contribution is -0.287. The molecule has 22 heteroatoms. The molecule has 0 aliphatic carbocycles. The molecule has 10 N–H and O–H groups in total. The number of ether oxygens (including phenoxy) is 6. The third-order valence-corrected chi connectivity index (χ3v) is 9.08. The minimum atomic E-state index is -1.87. The number of nitrogens with one attached hydrogen (secondary N) is 2. The van der Waals surface area contributed by atoms with E-state index in [1.807, 2.05) is 0 Å². The van der Waals surface area contributed by atoms with Crippen molar-refractivity contribution < 1.29 is 88.5 Å². The molecule has 2 saturated heterocycles. The van der Waals surface area contributed by atoms with Gasteiger partial charge in [0.2, 0.25) is 0 Å². The average molecular weight is 765 g/mol. The van der Waals surface area contributed by atoms with Crippen LogP contribution in [0.5, 0.6) is 0 Å². The molecule has 12 atom stereocenters. The molecule has 0 aromatic heterocycles. The number of aliphatic hydroxyl groups is 8. The van der Waals surface area contributed by atoms with Gasteiger partial charge in [-0.2, -0.15) is 0 Å². The van der Waals surface area contributed by atoms with Crippen LogP contribution in [0.25, 0.3) is 0 Å². The van der Waals surface area contributed by atoms with Gasteiger partial charge in [-0.05, 0) is 41.5 Å². The molecule has 2 amide bonds. The van der Waals surface area contributed by atoms with Crippen LogP contribution in [0, 0.1) is 0 Å². The van der Waals surface area contributed by atoms with Crippen LogP contribution >= 0.6 is 21.6 Å². The zero-order valence-corrected chi connectivity index (χ0v) is 29.9. The Hall–Kier alpha value is -2.22. The number of alkyl carbamates (subject to hydrolysis) is 2. The highest BCUT2D eigenvalue weighted by atomic mass is 33.1. The number of carbonyl (C=O) groups excluding carboxylic acids is 4. The van der Waals surface area contributed by atoms with E-state index >= 15 is 0 Å². The summed E-state index contributed by atoms with van der Waals surface area (Å²) in [6, 6.07) is -2.79. The Labute approximate surface area is 295 Å². The van der Waals surface area contributed by atoms with Gasteiger partial charge in [-0.3, -0.25) is 0 Å². The van der Waals surface area contributed by atoms with Crippen molar-refractivity contribution in [1.29, 1.82) is 0 Å². The number of amides is 2. The minimum Gasteiger partial charge on any atom is -0.461 e. The van der Waals surface area contributed by atoms with Gasteiger partial charge in [0, 0.05) is 11.5 Å². The summed E-state index contributed by atoms with van der Waals surface area (Å²) >= 11 is 0. The number of esters is 2. The molecule has 20 nitrogen and oxygen atoms in total. The van der Waals surface area contributed by atoms with Crippen LogP contribution < -0.4 is 10.6 Å². The first-order valence-electron chi connectivity index (χ1n) is 15.3. The van der Waals surface area contributed by atoms with Crippen molar-refractivity contribution in [2.24, 2.45) is 0 Å². The van der Waals surface area contributed by atoms with E-state index in [0.29, 0.717) is 0 Å². The van der Waals surface area contributed by atoms with Crippen molar-refractivity contribution in [1.82, 2.24) is 10.6 Å². The summed E-state index contributed by atoms with van der Waals surface area (Å²) in [4.78, 5) is 51.0.